The molecule has 1 aliphatic carbocycles. The number of hydrogen-bond acceptors (Lipinski definition) is 12. The molecule has 44 heavy (non-hydrogen) atoms. The molecule has 0 saturated heterocycles. The van der Waals surface area contributed by atoms with E-state index >= 15 is 0 Å². The van der Waals surface area contributed by atoms with Gasteiger partial charge in [0.15, 0.2) is 5.60 Å². The second-order valence-corrected chi connectivity index (χ2v) is 12.1. The largest absolute Gasteiger partial charge is 0.527 e. The molecule has 6 N–H and O–H groups in total. The molecule has 1 spiro atoms. The number of unbranched alkanes of at least 4 members (excludes halogenated alkanes) is 1. The zero-order valence-corrected chi connectivity index (χ0v) is 24.2. The third kappa shape index (κ3) is 5.05. The number of hydrogen-bond donors (Lipinski definition) is 6. The van der Waals surface area contributed by atoms with Crippen molar-refractivity contribution in [3.63, 3.8) is 0 Å². The van der Waals surface area contributed by atoms with Crippen LogP contribution in [0.4, 0.5) is 0 Å². The van der Waals surface area contributed by atoms with Crippen LogP contribution in [0, 0.1) is 0 Å². The molecule has 0 radical (unpaired) electrons. The summed E-state index contributed by atoms with van der Waals surface area (Å²) in [6, 6.07) is 16.2. The van der Waals surface area contributed by atoms with Crippen LogP contribution in [0.15, 0.2) is 60.7 Å². The van der Waals surface area contributed by atoms with Gasteiger partial charge in [0.1, 0.15) is 59.6 Å². The van der Waals surface area contributed by atoms with Gasteiger partial charge in [-0.1, -0.05) is 31.5 Å². The Bertz CT molecular complexity index is 1610. The van der Waals surface area contributed by atoms with Gasteiger partial charge in [0, 0.05) is 28.8 Å². The molecule has 1 saturated carbocycles. The number of aliphatic hydroxyl groups is 5. The molecule has 0 aromatic heterocycles. The highest BCUT2D eigenvalue weighted by Crippen LogP contribution is 2.58. The number of fused-ring (bicyclic) bond motifs is 6. The average Bonchev–Trinajstić information content (AvgIpc) is 3.29. The van der Waals surface area contributed by atoms with Crippen molar-refractivity contribution in [2.45, 2.75) is 62.0 Å². The molecule has 1 fully saturated rings. The highest BCUT2D eigenvalue weighted by atomic mass is 31.2. The van der Waals surface area contributed by atoms with Gasteiger partial charge in [-0.3, -0.25) is 9.42 Å². The fraction of sp³-hybridized carbons (Fsp3) is 0.367. The molecule has 6 atom stereocenters. The smallest absolute Gasteiger partial charge is 0.493 e. The summed E-state index contributed by atoms with van der Waals surface area (Å²) in [5.41, 5.74) is 0.458. The predicted octanol–water partition coefficient (Wildman–Crippen LogP) is 2.12. The number of benzene rings is 3. The molecule has 2 aliphatic heterocycles. The van der Waals surface area contributed by atoms with E-state index in [9.17, 15) is 39.8 Å². The fourth-order valence-corrected chi connectivity index (χ4v) is 6.73. The van der Waals surface area contributed by atoms with Gasteiger partial charge >= 0.3 is 13.8 Å². The molecule has 2 heterocycles. The maximum absolute atomic E-state index is 13.1. The minimum Gasteiger partial charge on any atom is -0.493 e. The zero-order chi connectivity index (χ0) is 31.4. The van der Waals surface area contributed by atoms with Crippen molar-refractivity contribution >= 4 is 13.8 Å². The van der Waals surface area contributed by atoms with Crippen LogP contribution in [0.1, 0.15) is 46.8 Å². The fourth-order valence-electron chi connectivity index (χ4n) is 5.75. The van der Waals surface area contributed by atoms with Crippen LogP contribution >= 0.6 is 7.82 Å². The topological polar surface area (TPSA) is 202 Å². The monoisotopic (exact) mass is 630 g/mol. The van der Waals surface area contributed by atoms with E-state index in [1.165, 1.54) is 18.2 Å². The first-order chi connectivity index (χ1) is 21.0. The van der Waals surface area contributed by atoms with Gasteiger partial charge in [-0.2, -0.15) is 0 Å². The molecule has 3 aromatic rings. The minimum absolute atomic E-state index is 0.122. The first kappa shape index (κ1) is 30.5. The third-order valence-corrected chi connectivity index (χ3v) is 8.92. The first-order valence-electron chi connectivity index (χ1n) is 14.0. The molecule has 3 aliphatic rings. The van der Waals surface area contributed by atoms with Crippen molar-refractivity contribution in [2.24, 2.45) is 0 Å². The van der Waals surface area contributed by atoms with E-state index in [0.29, 0.717) is 40.4 Å². The van der Waals surface area contributed by atoms with E-state index in [2.05, 4.69) is 0 Å². The molecular formula is C30H31O13P. The molecular weight excluding hydrogens is 599 g/mol. The quantitative estimate of drug-likeness (QED) is 0.120. The lowest BCUT2D eigenvalue weighted by Gasteiger charge is -2.41. The van der Waals surface area contributed by atoms with Crippen LogP contribution in [0.25, 0.3) is 0 Å². The number of aliphatic hydroxyl groups excluding tert-OH is 5. The number of carbonyl (C=O) groups is 1. The lowest BCUT2D eigenvalue weighted by atomic mass is 9.77. The summed E-state index contributed by atoms with van der Waals surface area (Å²) in [6.07, 6.45) is -10.1. The Morgan fingerprint density at radius 3 is 2.07 bits per heavy atom. The Labute approximate surface area is 251 Å². The van der Waals surface area contributed by atoms with E-state index < -0.39 is 56.0 Å². The SMILES string of the molecule is CCCCOc1ccc2c(c1)Oc1cc(OP(=O)(O)OC3C(O)C(O)C(O)C(O)C3O)ccc1C21OC(=O)c2ccccc21. The highest BCUT2D eigenvalue weighted by Gasteiger charge is 2.54. The second-order valence-electron chi connectivity index (χ2n) is 10.8. The second kappa shape index (κ2) is 11.4. The van der Waals surface area contributed by atoms with Gasteiger partial charge in [0.2, 0.25) is 0 Å². The highest BCUT2D eigenvalue weighted by molar-refractivity contribution is 7.47. The van der Waals surface area contributed by atoms with Crippen molar-refractivity contribution in [2.75, 3.05) is 6.61 Å². The number of phosphoric ester groups is 1. The molecule has 3 aromatic carbocycles. The Morgan fingerprint density at radius 2 is 1.41 bits per heavy atom. The van der Waals surface area contributed by atoms with E-state index in [0.717, 1.165) is 12.8 Å². The maximum atomic E-state index is 13.1. The molecule has 234 valence electrons. The average molecular weight is 631 g/mol. The molecule has 13 nitrogen and oxygen atoms in total. The molecule has 6 unspecified atom stereocenters. The van der Waals surface area contributed by atoms with Crippen LogP contribution < -0.4 is 14.0 Å². The van der Waals surface area contributed by atoms with Gasteiger partial charge in [-0.25, -0.2) is 9.36 Å². The lowest BCUT2D eigenvalue weighted by Crippen LogP contribution is -2.64. The standard InChI is InChI=1S/C30H31O13P/c1-2-3-12-39-15-8-10-19-21(13-15)40-22-14-16(9-11-20(22)30(19)18-7-5-4-6-17(18)29(36)41-30)42-44(37,38)43-28-26(34)24(32)23(31)25(33)27(28)35/h4-11,13-14,23-28,31-35H,2-3,12H2,1H3,(H,37,38). The molecule has 14 heteroatoms. The van der Waals surface area contributed by atoms with Gasteiger partial charge in [-0.15, -0.1) is 0 Å². The van der Waals surface area contributed by atoms with Gasteiger partial charge < -0.3 is 44.3 Å². The van der Waals surface area contributed by atoms with Crippen LogP contribution in [-0.4, -0.2) is 79.6 Å². The van der Waals surface area contributed by atoms with E-state index in [-0.39, 0.29) is 11.5 Å². The summed E-state index contributed by atoms with van der Waals surface area (Å²) in [4.78, 5) is 23.6. The summed E-state index contributed by atoms with van der Waals surface area (Å²) in [5.74, 6) is 0.175. The molecule has 0 amide bonds. The number of rotatable bonds is 8. The number of carbonyl (C=O) groups excluding carboxylic acids is 1. The Hall–Kier alpha value is -3.52. The Kier molecular flexibility index (Phi) is 7.93. The Balaban J connectivity index is 1.35. The number of esters is 1. The normalized spacial score (nSPS) is 29.9. The van der Waals surface area contributed by atoms with Gasteiger partial charge in [0.25, 0.3) is 0 Å². The van der Waals surface area contributed by atoms with E-state index in [4.69, 9.17) is 23.3 Å². The van der Waals surface area contributed by atoms with Crippen molar-refractivity contribution in [3.05, 3.63) is 82.9 Å². The first-order valence-corrected chi connectivity index (χ1v) is 15.5. The minimum atomic E-state index is -5.14. The zero-order valence-electron chi connectivity index (χ0n) is 23.3. The Morgan fingerprint density at radius 1 is 0.818 bits per heavy atom. The van der Waals surface area contributed by atoms with Crippen molar-refractivity contribution in [1.82, 2.24) is 0 Å². The number of ether oxygens (including phenoxy) is 3. The predicted molar refractivity (Wildman–Crippen MR) is 150 cm³/mol. The molecule has 6 rings (SSSR count). The van der Waals surface area contributed by atoms with Crippen molar-refractivity contribution in [3.8, 4) is 23.0 Å². The van der Waals surface area contributed by atoms with Crippen molar-refractivity contribution < 1.29 is 63.0 Å². The summed E-state index contributed by atoms with van der Waals surface area (Å²) in [7, 11) is -5.14. The maximum Gasteiger partial charge on any atom is 0.527 e. The van der Waals surface area contributed by atoms with Crippen LogP contribution in [0.2, 0.25) is 0 Å². The van der Waals surface area contributed by atoms with E-state index in [1.807, 2.05) is 6.92 Å². The summed E-state index contributed by atoms with van der Waals surface area (Å²) in [5, 5.41) is 50.1. The lowest BCUT2D eigenvalue weighted by molar-refractivity contribution is -0.219. The van der Waals surface area contributed by atoms with Crippen LogP contribution in [-0.2, 0) is 19.4 Å². The summed E-state index contributed by atoms with van der Waals surface area (Å²) >= 11 is 0. The third-order valence-electron chi connectivity index (χ3n) is 7.97. The number of phosphoric acid groups is 1. The van der Waals surface area contributed by atoms with Crippen molar-refractivity contribution in [1.29, 1.82) is 0 Å². The van der Waals surface area contributed by atoms with Gasteiger partial charge in [-0.05, 0) is 36.8 Å². The van der Waals surface area contributed by atoms with E-state index in [1.54, 1.807) is 42.5 Å². The van der Waals surface area contributed by atoms with Gasteiger partial charge in [0.05, 0.1) is 12.2 Å². The summed E-state index contributed by atoms with van der Waals surface area (Å²) < 4.78 is 41.3. The molecule has 0 bridgehead atoms. The van der Waals surface area contributed by atoms with Crippen LogP contribution in [0.5, 0.6) is 23.0 Å². The van der Waals surface area contributed by atoms with Crippen LogP contribution in [0.3, 0.4) is 0 Å². The summed E-state index contributed by atoms with van der Waals surface area (Å²) in [6.45, 7) is 2.52.